The first-order chi connectivity index (χ1) is 10.8. The summed E-state index contributed by atoms with van der Waals surface area (Å²) in [6.45, 7) is 2.90. The van der Waals surface area contributed by atoms with E-state index in [1.165, 1.54) is 11.1 Å². The van der Waals surface area contributed by atoms with E-state index in [1.807, 2.05) is 6.07 Å². The molecular formula is C19H24N2S. The summed E-state index contributed by atoms with van der Waals surface area (Å²) in [5.41, 5.74) is 2.68. The van der Waals surface area contributed by atoms with Gasteiger partial charge in [-0.1, -0.05) is 60.7 Å². The molecule has 22 heavy (non-hydrogen) atoms. The Bertz CT molecular complexity index is 554. The van der Waals surface area contributed by atoms with E-state index in [1.54, 1.807) is 0 Å². The standard InChI is InChI=1S/C19H24N2S/c1-2-20-19(22)21-18(17-13-7-4-8-14-17)15-9-12-16-10-5-3-6-11-16/h3-8,10-11,13-14,18H,2,9,12,15H2,1H3,(H2,20,21,22)/t18-/m0/s1. The van der Waals surface area contributed by atoms with Crippen molar-refractivity contribution >= 4 is 17.3 Å². The maximum Gasteiger partial charge on any atom is 0.166 e. The highest BCUT2D eigenvalue weighted by molar-refractivity contribution is 7.80. The summed E-state index contributed by atoms with van der Waals surface area (Å²) < 4.78 is 0. The molecule has 0 heterocycles. The van der Waals surface area contributed by atoms with E-state index in [9.17, 15) is 0 Å². The number of thiocarbonyl (C=S) groups is 1. The number of benzene rings is 2. The van der Waals surface area contributed by atoms with Crippen LogP contribution in [-0.2, 0) is 6.42 Å². The Hall–Kier alpha value is -1.87. The molecule has 1 atom stereocenters. The Kier molecular flexibility index (Phi) is 6.91. The SMILES string of the molecule is CCNC(=S)N[C@@H](CCCc1ccccc1)c1ccccc1. The minimum absolute atomic E-state index is 0.261. The molecule has 2 nitrogen and oxygen atoms in total. The summed E-state index contributed by atoms with van der Waals surface area (Å²) in [5.74, 6) is 0. The van der Waals surface area contributed by atoms with Crippen LogP contribution in [0, 0.1) is 0 Å². The van der Waals surface area contributed by atoms with Gasteiger partial charge in [-0.2, -0.15) is 0 Å². The zero-order chi connectivity index (χ0) is 15.6. The fraction of sp³-hybridized carbons (Fsp3) is 0.316. The number of nitrogens with one attached hydrogen (secondary N) is 2. The quantitative estimate of drug-likeness (QED) is 0.748. The third-order valence-electron chi connectivity index (χ3n) is 3.65. The third-order valence-corrected chi connectivity index (χ3v) is 3.91. The Morgan fingerprint density at radius 2 is 1.64 bits per heavy atom. The molecular weight excluding hydrogens is 288 g/mol. The van der Waals surface area contributed by atoms with Crippen molar-refractivity contribution in [2.75, 3.05) is 6.54 Å². The van der Waals surface area contributed by atoms with Crippen LogP contribution >= 0.6 is 12.2 Å². The number of rotatable bonds is 7. The van der Waals surface area contributed by atoms with E-state index >= 15 is 0 Å². The number of aryl methyl sites for hydroxylation is 1. The van der Waals surface area contributed by atoms with Crippen LogP contribution in [0.5, 0.6) is 0 Å². The van der Waals surface area contributed by atoms with E-state index in [4.69, 9.17) is 12.2 Å². The Morgan fingerprint density at radius 3 is 2.27 bits per heavy atom. The Morgan fingerprint density at radius 1 is 1.00 bits per heavy atom. The summed E-state index contributed by atoms with van der Waals surface area (Å²) >= 11 is 5.35. The zero-order valence-corrected chi connectivity index (χ0v) is 13.9. The van der Waals surface area contributed by atoms with Crippen molar-refractivity contribution in [3.8, 4) is 0 Å². The maximum atomic E-state index is 5.35. The number of hydrogen-bond acceptors (Lipinski definition) is 1. The number of hydrogen-bond donors (Lipinski definition) is 2. The topological polar surface area (TPSA) is 24.1 Å². The van der Waals surface area contributed by atoms with Gasteiger partial charge in [0.25, 0.3) is 0 Å². The molecule has 0 fully saturated rings. The van der Waals surface area contributed by atoms with Gasteiger partial charge in [0.15, 0.2) is 5.11 Å². The summed E-state index contributed by atoms with van der Waals surface area (Å²) in [4.78, 5) is 0. The molecule has 2 N–H and O–H groups in total. The van der Waals surface area contributed by atoms with Crippen molar-refractivity contribution in [2.24, 2.45) is 0 Å². The Labute approximate surface area is 139 Å². The van der Waals surface area contributed by atoms with Gasteiger partial charge >= 0.3 is 0 Å². The van der Waals surface area contributed by atoms with Crippen LogP contribution in [0.3, 0.4) is 0 Å². The van der Waals surface area contributed by atoms with Crippen molar-refractivity contribution in [2.45, 2.75) is 32.2 Å². The molecule has 0 aliphatic carbocycles. The Balaban J connectivity index is 1.94. The van der Waals surface area contributed by atoms with Crippen molar-refractivity contribution in [1.82, 2.24) is 10.6 Å². The molecule has 0 aliphatic rings. The summed E-state index contributed by atoms with van der Waals surface area (Å²) in [6, 6.07) is 21.4. The van der Waals surface area contributed by atoms with Crippen molar-refractivity contribution in [1.29, 1.82) is 0 Å². The lowest BCUT2D eigenvalue weighted by atomic mass is 9.99. The molecule has 0 bridgehead atoms. The fourth-order valence-electron chi connectivity index (χ4n) is 2.53. The second-order valence-electron chi connectivity index (χ2n) is 5.34. The first kappa shape index (κ1) is 16.5. The van der Waals surface area contributed by atoms with Gasteiger partial charge in [-0.3, -0.25) is 0 Å². The molecule has 0 spiro atoms. The molecule has 2 rings (SSSR count). The summed E-state index contributed by atoms with van der Waals surface area (Å²) in [7, 11) is 0. The highest BCUT2D eigenvalue weighted by Gasteiger charge is 2.12. The van der Waals surface area contributed by atoms with Gasteiger partial charge in [-0.15, -0.1) is 0 Å². The van der Waals surface area contributed by atoms with E-state index in [0.29, 0.717) is 0 Å². The smallest absolute Gasteiger partial charge is 0.166 e. The van der Waals surface area contributed by atoms with Gasteiger partial charge in [0, 0.05) is 6.54 Å². The van der Waals surface area contributed by atoms with Gasteiger partial charge in [-0.25, -0.2) is 0 Å². The lowest BCUT2D eigenvalue weighted by Crippen LogP contribution is -2.37. The summed E-state index contributed by atoms with van der Waals surface area (Å²) in [6.07, 6.45) is 3.29. The molecule has 0 aliphatic heterocycles. The monoisotopic (exact) mass is 312 g/mol. The van der Waals surface area contributed by atoms with Crippen molar-refractivity contribution in [3.05, 3.63) is 71.8 Å². The largest absolute Gasteiger partial charge is 0.363 e. The molecule has 0 radical (unpaired) electrons. The molecule has 3 heteroatoms. The van der Waals surface area contributed by atoms with Crippen LogP contribution in [-0.4, -0.2) is 11.7 Å². The van der Waals surface area contributed by atoms with Crippen LogP contribution in [0.1, 0.15) is 36.9 Å². The van der Waals surface area contributed by atoms with Crippen LogP contribution in [0.15, 0.2) is 60.7 Å². The van der Waals surface area contributed by atoms with Crippen LogP contribution in [0.4, 0.5) is 0 Å². The first-order valence-corrected chi connectivity index (χ1v) is 8.33. The minimum atomic E-state index is 0.261. The van der Waals surface area contributed by atoms with Crippen LogP contribution < -0.4 is 10.6 Å². The lowest BCUT2D eigenvalue weighted by molar-refractivity contribution is 0.558. The van der Waals surface area contributed by atoms with Crippen LogP contribution in [0.25, 0.3) is 0 Å². The van der Waals surface area contributed by atoms with E-state index in [0.717, 1.165) is 30.9 Å². The molecule has 2 aromatic rings. The van der Waals surface area contributed by atoms with Crippen LogP contribution in [0.2, 0.25) is 0 Å². The van der Waals surface area contributed by atoms with Crippen molar-refractivity contribution < 1.29 is 0 Å². The van der Waals surface area contributed by atoms with Crippen molar-refractivity contribution in [3.63, 3.8) is 0 Å². The minimum Gasteiger partial charge on any atom is -0.363 e. The summed E-state index contributed by atoms with van der Waals surface area (Å²) in [5, 5.41) is 7.35. The lowest BCUT2D eigenvalue weighted by Gasteiger charge is -2.21. The molecule has 0 unspecified atom stereocenters. The van der Waals surface area contributed by atoms with E-state index in [2.05, 4.69) is 72.2 Å². The van der Waals surface area contributed by atoms with Gasteiger partial charge in [0.2, 0.25) is 0 Å². The highest BCUT2D eigenvalue weighted by Crippen LogP contribution is 2.19. The van der Waals surface area contributed by atoms with Gasteiger partial charge in [0.1, 0.15) is 0 Å². The van der Waals surface area contributed by atoms with Gasteiger partial charge < -0.3 is 10.6 Å². The zero-order valence-electron chi connectivity index (χ0n) is 13.1. The third kappa shape index (κ3) is 5.49. The van der Waals surface area contributed by atoms with E-state index in [-0.39, 0.29) is 6.04 Å². The molecule has 0 saturated heterocycles. The predicted octanol–water partition coefficient (Wildman–Crippen LogP) is 4.23. The maximum absolute atomic E-state index is 5.35. The molecule has 0 aromatic heterocycles. The van der Waals surface area contributed by atoms with Gasteiger partial charge in [0.05, 0.1) is 6.04 Å². The molecule has 116 valence electrons. The molecule has 0 amide bonds. The highest BCUT2D eigenvalue weighted by atomic mass is 32.1. The second-order valence-corrected chi connectivity index (χ2v) is 5.75. The molecule has 0 saturated carbocycles. The predicted molar refractivity (Wildman–Crippen MR) is 98.0 cm³/mol. The fourth-order valence-corrected chi connectivity index (χ4v) is 2.82. The first-order valence-electron chi connectivity index (χ1n) is 7.93. The molecule has 2 aromatic carbocycles. The second kappa shape index (κ2) is 9.21. The average molecular weight is 312 g/mol. The normalized spacial score (nSPS) is 11.7. The van der Waals surface area contributed by atoms with E-state index < -0.39 is 0 Å². The average Bonchev–Trinajstić information content (AvgIpc) is 2.56. The van der Waals surface area contributed by atoms with Gasteiger partial charge in [-0.05, 0) is 49.5 Å².